The van der Waals surface area contributed by atoms with Crippen LogP contribution < -0.4 is 0 Å². The van der Waals surface area contributed by atoms with Crippen molar-refractivity contribution < 1.29 is 80.2 Å². The number of carbonyl (C=O) groups is 4. The zero-order valence-electron chi connectivity index (χ0n) is 54.4. The van der Waals surface area contributed by atoms with Crippen LogP contribution >= 0.6 is 15.6 Å². The molecule has 0 aromatic carbocycles. The topological polar surface area (TPSA) is 237 Å². The number of rotatable bonds is 63. The van der Waals surface area contributed by atoms with Crippen molar-refractivity contribution in [2.45, 2.75) is 336 Å². The summed E-state index contributed by atoms with van der Waals surface area (Å²) in [5.74, 6) is 0.0419. The van der Waals surface area contributed by atoms with E-state index in [0.29, 0.717) is 31.6 Å². The van der Waals surface area contributed by atoms with Crippen molar-refractivity contribution in [1.82, 2.24) is 0 Å². The van der Waals surface area contributed by atoms with E-state index in [1.807, 2.05) is 0 Å². The molecular weight excluding hydrogens is 1110 g/mol. The van der Waals surface area contributed by atoms with Crippen LogP contribution in [0.15, 0.2) is 0 Å². The van der Waals surface area contributed by atoms with Gasteiger partial charge in [-0.1, -0.05) is 267 Å². The molecule has 0 aliphatic heterocycles. The van der Waals surface area contributed by atoms with Gasteiger partial charge < -0.3 is 33.8 Å². The summed E-state index contributed by atoms with van der Waals surface area (Å²) in [6.07, 6.45) is 37.8. The molecule has 0 aromatic heterocycles. The molecule has 19 heteroatoms. The van der Waals surface area contributed by atoms with Crippen molar-refractivity contribution in [2.75, 3.05) is 39.6 Å². The summed E-state index contributed by atoms with van der Waals surface area (Å²) in [5.41, 5.74) is 0. The Kier molecular flexibility index (Phi) is 55.0. The minimum atomic E-state index is -4.95. The number of phosphoric acid groups is 2. The van der Waals surface area contributed by atoms with Crippen LogP contribution in [-0.4, -0.2) is 96.7 Å². The van der Waals surface area contributed by atoms with Gasteiger partial charge in [0.1, 0.15) is 19.3 Å². The molecule has 0 rings (SSSR count). The lowest BCUT2D eigenvalue weighted by molar-refractivity contribution is -0.161. The number of ether oxygens (including phenoxy) is 4. The molecule has 0 saturated heterocycles. The maximum atomic E-state index is 13.0. The monoisotopic (exact) mass is 1240 g/mol. The van der Waals surface area contributed by atoms with Crippen LogP contribution in [0.25, 0.3) is 0 Å². The fourth-order valence-electron chi connectivity index (χ4n) is 9.66. The number of aliphatic hydroxyl groups excluding tert-OH is 1. The predicted molar refractivity (Wildman–Crippen MR) is 335 cm³/mol. The quantitative estimate of drug-likeness (QED) is 0.0222. The van der Waals surface area contributed by atoms with Crippen LogP contribution in [-0.2, 0) is 65.4 Å². The van der Waals surface area contributed by atoms with E-state index in [4.69, 9.17) is 37.0 Å². The number of hydrogen-bond acceptors (Lipinski definition) is 15. The van der Waals surface area contributed by atoms with Crippen molar-refractivity contribution in [3.63, 3.8) is 0 Å². The third kappa shape index (κ3) is 59.0. The SMILES string of the molecule is CCCCCCCCCCC(=O)OC[C@H](COP(=O)(O)OC[C@H](O)COP(=O)(O)OC[C@@H](COC(=O)CCCCCCCCCCC(C)C)OC(=O)CCCCCCCCCCCCCCCC(C)C)OC(=O)CCCCCCCCC(C)C. The highest BCUT2D eigenvalue weighted by Crippen LogP contribution is 2.45. The number of unbranched alkanes of at least 4 members (excludes halogenated alkanes) is 31. The molecule has 0 radical (unpaired) electrons. The number of phosphoric ester groups is 2. The first kappa shape index (κ1) is 82.1. The molecule has 0 saturated carbocycles. The summed E-state index contributed by atoms with van der Waals surface area (Å²) in [6, 6.07) is 0. The average molecular weight is 1240 g/mol. The Hall–Kier alpha value is -1.94. The van der Waals surface area contributed by atoms with E-state index in [1.54, 1.807) is 0 Å². The highest BCUT2D eigenvalue weighted by Gasteiger charge is 2.30. The molecule has 0 aliphatic rings. The second kappa shape index (κ2) is 56.3. The van der Waals surface area contributed by atoms with E-state index in [9.17, 15) is 43.2 Å². The third-order valence-corrected chi connectivity index (χ3v) is 16.8. The maximum Gasteiger partial charge on any atom is 0.472 e. The summed E-state index contributed by atoms with van der Waals surface area (Å²) in [4.78, 5) is 72.1. The van der Waals surface area contributed by atoms with Gasteiger partial charge in [0.2, 0.25) is 0 Å². The van der Waals surface area contributed by atoms with Gasteiger partial charge in [0.05, 0.1) is 26.4 Å². The zero-order valence-corrected chi connectivity index (χ0v) is 56.1. The van der Waals surface area contributed by atoms with Crippen LogP contribution in [0.3, 0.4) is 0 Å². The maximum absolute atomic E-state index is 13.0. The molecule has 0 aliphatic carbocycles. The zero-order chi connectivity index (χ0) is 62.4. The average Bonchev–Trinajstić information content (AvgIpc) is 3.53. The molecular formula is C65H126O17P2. The van der Waals surface area contributed by atoms with E-state index < -0.39 is 97.5 Å². The molecule has 0 amide bonds. The third-order valence-electron chi connectivity index (χ3n) is 14.9. The Balaban J connectivity index is 5.21. The van der Waals surface area contributed by atoms with Crippen LogP contribution in [0, 0.1) is 17.8 Å². The first-order valence-corrected chi connectivity index (χ1v) is 36.8. The summed E-state index contributed by atoms with van der Waals surface area (Å²) in [6.45, 7) is 11.7. The number of hydrogen-bond donors (Lipinski definition) is 3. The first-order valence-electron chi connectivity index (χ1n) is 33.8. The minimum absolute atomic E-state index is 0.102. The molecule has 0 fully saturated rings. The summed E-state index contributed by atoms with van der Waals surface area (Å²) in [5, 5.41) is 10.5. The molecule has 17 nitrogen and oxygen atoms in total. The minimum Gasteiger partial charge on any atom is -0.462 e. The second-order valence-electron chi connectivity index (χ2n) is 24.9. The van der Waals surface area contributed by atoms with Gasteiger partial charge in [0, 0.05) is 25.7 Å². The van der Waals surface area contributed by atoms with E-state index in [2.05, 4.69) is 48.5 Å². The fourth-order valence-corrected chi connectivity index (χ4v) is 11.2. The van der Waals surface area contributed by atoms with Crippen molar-refractivity contribution >= 4 is 39.5 Å². The highest BCUT2D eigenvalue weighted by molar-refractivity contribution is 7.47. The lowest BCUT2D eigenvalue weighted by Gasteiger charge is -2.21. The Morgan fingerprint density at radius 3 is 0.810 bits per heavy atom. The predicted octanol–water partition coefficient (Wildman–Crippen LogP) is 17.9. The van der Waals surface area contributed by atoms with Crippen LogP contribution in [0.4, 0.5) is 0 Å². The van der Waals surface area contributed by atoms with Crippen LogP contribution in [0.5, 0.6) is 0 Å². The molecule has 0 bridgehead atoms. The van der Waals surface area contributed by atoms with E-state index >= 15 is 0 Å². The molecule has 5 atom stereocenters. The molecule has 0 heterocycles. The Morgan fingerprint density at radius 2 is 0.548 bits per heavy atom. The lowest BCUT2D eigenvalue weighted by atomic mass is 10.0. The first-order chi connectivity index (χ1) is 40.2. The van der Waals surface area contributed by atoms with Gasteiger partial charge in [0.25, 0.3) is 0 Å². The number of aliphatic hydroxyl groups is 1. The molecule has 0 aromatic rings. The van der Waals surface area contributed by atoms with Gasteiger partial charge in [0.15, 0.2) is 12.2 Å². The van der Waals surface area contributed by atoms with Gasteiger partial charge in [-0.3, -0.25) is 37.3 Å². The molecule has 0 spiro atoms. The van der Waals surface area contributed by atoms with Crippen molar-refractivity contribution in [2.24, 2.45) is 17.8 Å². The molecule has 3 N–H and O–H groups in total. The number of carbonyl (C=O) groups excluding carboxylic acids is 4. The summed E-state index contributed by atoms with van der Waals surface area (Å²) < 4.78 is 67.9. The smallest absolute Gasteiger partial charge is 0.462 e. The standard InChI is InChI=1S/C65H126O17P2/c1-8-9-10-11-12-24-32-39-46-62(67)75-53-61(82-65(70)49-42-35-28-27-31-38-45-58(6)7)55-80-84(73,74)78-51-59(66)50-77-83(71,72)79-54-60(52-76-63(68)47-40-33-25-21-20-23-30-37-44-57(4)5)81-64(69)48-41-34-26-19-17-15-13-14-16-18-22-29-36-43-56(2)3/h56-61,66H,8-55H2,1-7H3,(H,71,72)(H,73,74)/t59-,60-,61-/m1/s1. The summed E-state index contributed by atoms with van der Waals surface area (Å²) >= 11 is 0. The highest BCUT2D eigenvalue weighted by atomic mass is 31.2. The van der Waals surface area contributed by atoms with Crippen molar-refractivity contribution in [3.05, 3.63) is 0 Å². The largest absolute Gasteiger partial charge is 0.472 e. The van der Waals surface area contributed by atoms with Gasteiger partial charge in [-0.2, -0.15) is 0 Å². The van der Waals surface area contributed by atoms with Crippen LogP contribution in [0.2, 0.25) is 0 Å². The summed E-state index contributed by atoms with van der Waals surface area (Å²) in [7, 11) is -9.89. The van der Waals surface area contributed by atoms with Crippen molar-refractivity contribution in [3.8, 4) is 0 Å². The van der Waals surface area contributed by atoms with E-state index in [1.165, 1.54) is 122 Å². The van der Waals surface area contributed by atoms with Gasteiger partial charge >= 0.3 is 39.5 Å². The lowest BCUT2D eigenvalue weighted by Crippen LogP contribution is -2.30. The van der Waals surface area contributed by atoms with Crippen molar-refractivity contribution in [1.29, 1.82) is 0 Å². The number of esters is 4. The Labute approximate surface area is 511 Å². The van der Waals surface area contributed by atoms with Gasteiger partial charge in [-0.15, -0.1) is 0 Å². The second-order valence-corrected chi connectivity index (χ2v) is 27.8. The van der Waals surface area contributed by atoms with E-state index in [0.717, 1.165) is 108 Å². The molecule has 2 unspecified atom stereocenters. The Bertz CT molecular complexity index is 1660. The van der Waals surface area contributed by atoms with Gasteiger partial charge in [-0.25, -0.2) is 9.13 Å². The van der Waals surface area contributed by atoms with Gasteiger partial charge in [-0.05, 0) is 43.4 Å². The molecule has 84 heavy (non-hydrogen) atoms. The normalized spacial score (nSPS) is 14.3. The van der Waals surface area contributed by atoms with E-state index in [-0.39, 0.29) is 25.7 Å². The Morgan fingerprint density at radius 1 is 0.321 bits per heavy atom. The molecule has 498 valence electrons. The van der Waals surface area contributed by atoms with Crippen LogP contribution in [0.1, 0.15) is 318 Å². The fraction of sp³-hybridized carbons (Fsp3) is 0.938.